The first kappa shape index (κ1) is 15.4. The maximum Gasteiger partial charge on any atom is 0.274 e. The molecule has 2 aromatic rings. The molecule has 0 atom stereocenters. The molecule has 0 aliphatic carbocycles. The second kappa shape index (κ2) is 5.45. The van der Waals surface area contributed by atoms with Crippen LogP contribution in [0.1, 0.15) is 11.3 Å². The molecule has 0 radical (unpaired) electrons. The Balaban J connectivity index is 2.47. The highest BCUT2D eigenvalue weighted by molar-refractivity contribution is 9.10. The fourth-order valence-corrected chi connectivity index (χ4v) is 3.64. The molecular formula is C11H11BrN4O4S. The van der Waals surface area contributed by atoms with Gasteiger partial charge in [0.15, 0.2) is 0 Å². The van der Waals surface area contributed by atoms with Gasteiger partial charge in [-0.05, 0) is 35.8 Å². The minimum atomic E-state index is -3.87. The molecule has 0 unspecified atom stereocenters. The summed E-state index contributed by atoms with van der Waals surface area (Å²) in [7, 11) is -3.87. The van der Waals surface area contributed by atoms with Crippen molar-refractivity contribution in [3.8, 4) is 0 Å². The zero-order chi connectivity index (χ0) is 15.8. The molecule has 0 aliphatic heterocycles. The first-order valence-corrected chi connectivity index (χ1v) is 7.97. The molecule has 0 saturated carbocycles. The predicted octanol–water partition coefficient (Wildman–Crippen LogP) is 2.50. The first-order valence-electron chi connectivity index (χ1n) is 5.69. The van der Waals surface area contributed by atoms with Crippen molar-refractivity contribution < 1.29 is 13.3 Å². The lowest BCUT2D eigenvalue weighted by Gasteiger charge is -2.10. The van der Waals surface area contributed by atoms with Crippen LogP contribution in [0.2, 0.25) is 0 Å². The molecule has 21 heavy (non-hydrogen) atoms. The molecule has 0 fully saturated rings. The van der Waals surface area contributed by atoms with Gasteiger partial charge in [-0.15, -0.1) is 0 Å². The number of sulfonamides is 1. The highest BCUT2D eigenvalue weighted by atomic mass is 79.9. The quantitative estimate of drug-likeness (QED) is 0.629. The summed E-state index contributed by atoms with van der Waals surface area (Å²) in [6, 6.07) is 2.66. The maximum absolute atomic E-state index is 12.2. The van der Waals surface area contributed by atoms with Gasteiger partial charge in [-0.3, -0.25) is 19.9 Å². The number of nitrogens with one attached hydrogen (secondary N) is 2. The van der Waals surface area contributed by atoms with E-state index in [1.54, 1.807) is 13.8 Å². The van der Waals surface area contributed by atoms with Crippen LogP contribution < -0.4 is 4.72 Å². The minimum absolute atomic E-state index is 0.0161. The molecule has 1 aromatic carbocycles. The molecule has 0 bridgehead atoms. The van der Waals surface area contributed by atoms with Gasteiger partial charge in [0.25, 0.3) is 15.7 Å². The van der Waals surface area contributed by atoms with Gasteiger partial charge in [-0.25, -0.2) is 8.42 Å². The van der Waals surface area contributed by atoms with Gasteiger partial charge in [0, 0.05) is 16.1 Å². The number of hydrogen-bond acceptors (Lipinski definition) is 5. The molecule has 0 spiro atoms. The molecule has 2 rings (SSSR count). The topological polar surface area (TPSA) is 118 Å². The van der Waals surface area contributed by atoms with Crippen molar-refractivity contribution in [2.75, 3.05) is 4.72 Å². The predicted molar refractivity (Wildman–Crippen MR) is 79.7 cm³/mol. The highest BCUT2D eigenvalue weighted by Gasteiger charge is 2.22. The summed E-state index contributed by atoms with van der Waals surface area (Å²) < 4.78 is 27.2. The van der Waals surface area contributed by atoms with Gasteiger partial charge in [-0.1, -0.05) is 0 Å². The zero-order valence-electron chi connectivity index (χ0n) is 11.0. The fraction of sp³-hybridized carbons (Fsp3) is 0.182. The van der Waals surface area contributed by atoms with E-state index >= 15 is 0 Å². The van der Waals surface area contributed by atoms with Gasteiger partial charge in [0.1, 0.15) is 4.90 Å². The summed E-state index contributed by atoms with van der Waals surface area (Å²) in [5.74, 6) is 0. The third-order valence-corrected chi connectivity index (χ3v) is 4.94. The first-order chi connectivity index (χ1) is 9.72. The Labute approximate surface area is 128 Å². The van der Waals surface area contributed by atoms with Crippen LogP contribution in [0.25, 0.3) is 0 Å². The molecule has 8 nitrogen and oxygen atoms in total. The normalized spacial score (nSPS) is 11.4. The Morgan fingerprint density at radius 1 is 1.38 bits per heavy atom. The number of nitro groups is 1. The van der Waals surface area contributed by atoms with Crippen LogP contribution >= 0.6 is 15.9 Å². The van der Waals surface area contributed by atoms with Gasteiger partial charge >= 0.3 is 0 Å². The number of nitrogens with zero attached hydrogens (tertiary/aromatic N) is 2. The molecule has 0 aliphatic rings. The Morgan fingerprint density at radius 3 is 2.57 bits per heavy atom. The van der Waals surface area contributed by atoms with Crippen molar-refractivity contribution in [3.05, 3.63) is 44.2 Å². The molecule has 2 N–H and O–H groups in total. The lowest BCUT2D eigenvalue weighted by Crippen LogP contribution is -2.14. The summed E-state index contributed by atoms with van der Waals surface area (Å²) in [5, 5.41) is 17.1. The summed E-state index contributed by atoms with van der Waals surface area (Å²) >= 11 is 3.19. The number of aromatic amines is 1. The third kappa shape index (κ3) is 3.05. The van der Waals surface area contributed by atoms with E-state index in [9.17, 15) is 18.5 Å². The second-order valence-corrected chi connectivity index (χ2v) is 6.85. The van der Waals surface area contributed by atoms with Crippen LogP contribution in [0.5, 0.6) is 0 Å². The van der Waals surface area contributed by atoms with Crippen LogP contribution in [-0.4, -0.2) is 23.5 Å². The highest BCUT2D eigenvalue weighted by Crippen LogP contribution is 2.32. The number of nitro benzene ring substituents is 1. The van der Waals surface area contributed by atoms with Gasteiger partial charge in [-0.2, -0.15) is 5.10 Å². The minimum Gasteiger partial charge on any atom is -0.281 e. The second-order valence-electron chi connectivity index (χ2n) is 4.34. The van der Waals surface area contributed by atoms with Crippen LogP contribution in [0.4, 0.5) is 11.4 Å². The Bertz CT molecular complexity index is 816. The zero-order valence-corrected chi connectivity index (χ0v) is 13.4. The monoisotopic (exact) mass is 374 g/mol. The number of aromatic nitrogens is 2. The van der Waals surface area contributed by atoms with Crippen molar-refractivity contribution in [1.29, 1.82) is 0 Å². The van der Waals surface area contributed by atoms with E-state index in [2.05, 4.69) is 30.8 Å². The summed E-state index contributed by atoms with van der Waals surface area (Å²) in [6.45, 7) is 3.13. The van der Waals surface area contributed by atoms with Gasteiger partial charge < -0.3 is 0 Å². The Kier molecular flexibility index (Phi) is 4.01. The lowest BCUT2D eigenvalue weighted by atomic mass is 10.2. The molecule has 0 saturated heterocycles. The van der Waals surface area contributed by atoms with Crippen molar-refractivity contribution in [2.24, 2.45) is 0 Å². The molecule has 112 valence electrons. The SMILES string of the molecule is Cc1cc(Br)c(NS(=O)(=O)c2cn[nH]c2C)cc1[N+](=O)[O-]. The van der Waals surface area contributed by atoms with Crippen LogP contribution in [0.3, 0.4) is 0 Å². The van der Waals surface area contributed by atoms with Crippen LogP contribution in [0, 0.1) is 24.0 Å². The van der Waals surface area contributed by atoms with E-state index in [0.29, 0.717) is 15.7 Å². The number of halogens is 1. The average molecular weight is 375 g/mol. The average Bonchev–Trinajstić information content (AvgIpc) is 2.79. The van der Waals surface area contributed by atoms with E-state index in [1.165, 1.54) is 18.3 Å². The fourth-order valence-electron chi connectivity index (χ4n) is 1.75. The van der Waals surface area contributed by atoms with E-state index in [1.807, 2.05) is 0 Å². The van der Waals surface area contributed by atoms with E-state index in [-0.39, 0.29) is 16.3 Å². The summed E-state index contributed by atoms with van der Waals surface area (Å²) in [6.07, 6.45) is 1.17. The van der Waals surface area contributed by atoms with Crippen molar-refractivity contribution in [3.63, 3.8) is 0 Å². The Hall–Kier alpha value is -1.94. The number of benzene rings is 1. The number of anilines is 1. The summed E-state index contributed by atoms with van der Waals surface area (Å²) in [4.78, 5) is 10.3. The summed E-state index contributed by atoms with van der Waals surface area (Å²) in [5.41, 5.74) is 0.724. The standard InChI is InChI=1S/C11H11BrN4O4S/c1-6-3-8(12)9(4-10(6)16(17)18)15-21(19,20)11-5-13-14-7(11)2/h3-5,15H,1-2H3,(H,13,14). The van der Waals surface area contributed by atoms with Gasteiger partial charge in [0.05, 0.1) is 22.5 Å². The molecule has 1 heterocycles. The maximum atomic E-state index is 12.2. The van der Waals surface area contributed by atoms with E-state index in [4.69, 9.17) is 0 Å². The largest absolute Gasteiger partial charge is 0.281 e. The molecular weight excluding hydrogens is 364 g/mol. The smallest absolute Gasteiger partial charge is 0.274 e. The van der Waals surface area contributed by atoms with Crippen molar-refractivity contribution >= 4 is 37.3 Å². The van der Waals surface area contributed by atoms with Gasteiger partial charge in [0.2, 0.25) is 0 Å². The molecule has 1 aromatic heterocycles. The van der Waals surface area contributed by atoms with Crippen molar-refractivity contribution in [1.82, 2.24) is 10.2 Å². The van der Waals surface area contributed by atoms with Crippen LogP contribution in [0.15, 0.2) is 27.7 Å². The number of rotatable bonds is 4. The number of aryl methyl sites for hydroxylation is 2. The number of hydrogen-bond donors (Lipinski definition) is 2. The lowest BCUT2D eigenvalue weighted by molar-refractivity contribution is -0.385. The third-order valence-electron chi connectivity index (χ3n) is 2.80. The number of H-pyrrole nitrogens is 1. The van der Waals surface area contributed by atoms with Crippen molar-refractivity contribution in [2.45, 2.75) is 18.7 Å². The molecule has 10 heteroatoms. The van der Waals surface area contributed by atoms with E-state index in [0.717, 1.165) is 0 Å². The molecule has 0 amide bonds. The van der Waals surface area contributed by atoms with E-state index < -0.39 is 14.9 Å². The van der Waals surface area contributed by atoms with Crippen LogP contribution in [-0.2, 0) is 10.0 Å². The Morgan fingerprint density at radius 2 is 2.05 bits per heavy atom.